The monoisotopic (exact) mass is 614 g/mol. The Hall–Kier alpha value is -4.52. The van der Waals surface area contributed by atoms with Crippen molar-refractivity contribution in [2.24, 2.45) is 13.0 Å². The summed E-state index contributed by atoms with van der Waals surface area (Å²) in [7, 11) is 2.72. The fourth-order valence-corrected chi connectivity index (χ4v) is 5.47. The van der Waals surface area contributed by atoms with Crippen LogP contribution < -0.4 is 15.4 Å². The SMILES string of the molecule is COc1ccc(-c2cnc(C(=O)Nc3ccc(C(=O)N4CCN(C(=O)C5CCC(=O)NC5)CC4)c(Cl)c3)n2C)c(F)c1F. The van der Waals surface area contributed by atoms with Crippen LogP contribution in [0.4, 0.5) is 14.5 Å². The molecule has 2 aliphatic rings. The summed E-state index contributed by atoms with van der Waals surface area (Å²) >= 11 is 6.43. The number of hydrogen-bond acceptors (Lipinski definition) is 6. The summed E-state index contributed by atoms with van der Waals surface area (Å²) in [5.41, 5.74) is 0.625. The zero-order valence-electron chi connectivity index (χ0n) is 23.5. The third-order valence-corrected chi connectivity index (χ3v) is 8.00. The van der Waals surface area contributed by atoms with E-state index in [0.717, 1.165) is 0 Å². The standard InChI is InChI=1S/C29H29ClF2N6O5/c1-36-21(19-6-7-22(43-2)25(32)24(19)31)15-34-26(36)27(40)35-17-4-5-18(20(30)13-17)29(42)38-11-9-37(10-12-38)28(41)16-3-8-23(39)33-14-16/h4-7,13,15-16H,3,8-12,14H2,1-2H3,(H,33,39)(H,35,40). The number of carbonyl (C=O) groups excluding carboxylic acids is 4. The van der Waals surface area contributed by atoms with E-state index in [2.05, 4.69) is 15.6 Å². The van der Waals surface area contributed by atoms with Crippen molar-refractivity contribution in [2.75, 3.05) is 45.2 Å². The highest BCUT2D eigenvalue weighted by Gasteiger charge is 2.32. The molecule has 1 atom stereocenters. The molecule has 1 unspecified atom stereocenters. The van der Waals surface area contributed by atoms with Crippen LogP contribution in [-0.2, 0) is 16.6 Å². The molecule has 2 aromatic carbocycles. The fraction of sp³-hybridized carbons (Fsp3) is 0.345. The summed E-state index contributed by atoms with van der Waals surface area (Å²) in [6, 6.07) is 7.08. The van der Waals surface area contributed by atoms with E-state index in [9.17, 15) is 28.0 Å². The number of piperidine rings is 1. The summed E-state index contributed by atoms with van der Waals surface area (Å²) < 4.78 is 35.0. The van der Waals surface area contributed by atoms with E-state index in [4.69, 9.17) is 16.3 Å². The van der Waals surface area contributed by atoms with Crippen molar-refractivity contribution in [2.45, 2.75) is 12.8 Å². The Morgan fingerprint density at radius 1 is 1.07 bits per heavy atom. The lowest BCUT2D eigenvalue weighted by Gasteiger charge is -2.37. The van der Waals surface area contributed by atoms with Crippen LogP contribution in [-0.4, -0.2) is 82.8 Å². The van der Waals surface area contributed by atoms with Gasteiger partial charge in [-0.1, -0.05) is 11.6 Å². The number of methoxy groups -OCH3 is 1. The van der Waals surface area contributed by atoms with Crippen molar-refractivity contribution in [3.05, 3.63) is 64.6 Å². The van der Waals surface area contributed by atoms with Gasteiger partial charge in [0.25, 0.3) is 11.8 Å². The van der Waals surface area contributed by atoms with Gasteiger partial charge in [-0.2, -0.15) is 4.39 Å². The Morgan fingerprint density at radius 2 is 1.79 bits per heavy atom. The second-order valence-electron chi connectivity index (χ2n) is 10.3. The van der Waals surface area contributed by atoms with Crippen LogP contribution in [0, 0.1) is 17.6 Å². The molecule has 2 fully saturated rings. The number of piperazine rings is 1. The average molecular weight is 615 g/mol. The maximum Gasteiger partial charge on any atom is 0.291 e. The topological polar surface area (TPSA) is 126 Å². The van der Waals surface area contributed by atoms with Gasteiger partial charge >= 0.3 is 0 Å². The number of nitrogens with zero attached hydrogens (tertiary/aromatic N) is 4. The number of hydrogen-bond donors (Lipinski definition) is 2. The Kier molecular flexibility index (Phi) is 8.62. The number of aromatic nitrogens is 2. The second kappa shape index (κ2) is 12.4. The summed E-state index contributed by atoms with van der Waals surface area (Å²) in [5.74, 6) is -3.84. The van der Waals surface area contributed by atoms with Crippen LogP contribution in [0.2, 0.25) is 5.02 Å². The first-order chi connectivity index (χ1) is 20.6. The molecular formula is C29H29ClF2N6O5. The minimum atomic E-state index is -1.15. The number of amides is 4. The first kappa shape index (κ1) is 30.0. The number of imidazole rings is 1. The van der Waals surface area contributed by atoms with Crippen molar-refractivity contribution in [3.63, 3.8) is 0 Å². The highest BCUT2D eigenvalue weighted by Crippen LogP contribution is 2.30. The molecule has 11 nitrogen and oxygen atoms in total. The first-order valence-electron chi connectivity index (χ1n) is 13.6. The molecule has 226 valence electrons. The van der Waals surface area contributed by atoms with Crippen molar-refractivity contribution in [3.8, 4) is 17.0 Å². The Bertz CT molecular complexity index is 1590. The predicted molar refractivity (Wildman–Crippen MR) is 153 cm³/mol. The van der Waals surface area contributed by atoms with Gasteiger partial charge in [-0.3, -0.25) is 19.2 Å². The van der Waals surface area contributed by atoms with Crippen LogP contribution in [0.25, 0.3) is 11.3 Å². The van der Waals surface area contributed by atoms with Crippen LogP contribution >= 0.6 is 11.6 Å². The molecule has 5 rings (SSSR count). The van der Waals surface area contributed by atoms with E-state index < -0.39 is 17.5 Å². The summed E-state index contributed by atoms with van der Waals surface area (Å²) in [4.78, 5) is 57.8. The Balaban J connectivity index is 1.21. The quantitative estimate of drug-likeness (QED) is 0.440. The Morgan fingerprint density at radius 3 is 2.44 bits per heavy atom. The maximum atomic E-state index is 14.6. The zero-order chi connectivity index (χ0) is 30.8. The largest absolute Gasteiger partial charge is 0.494 e. The molecule has 4 amide bonds. The van der Waals surface area contributed by atoms with E-state index >= 15 is 0 Å². The number of benzene rings is 2. The highest BCUT2D eigenvalue weighted by atomic mass is 35.5. The van der Waals surface area contributed by atoms with E-state index in [1.54, 1.807) is 9.80 Å². The average Bonchev–Trinajstić information content (AvgIpc) is 3.39. The van der Waals surface area contributed by atoms with Crippen LogP contribution in [0.3, 0.4) is 0 Å². The third-order valence-electron chi connectivity index (χ3n) is 7.68. The van der Waals surface area contributed by atoms with Gasteiger partial charge in [-0.15, -0.1) is 0 Å². The van der Waals surface area contributed by atoms with Gasteiger partial charge in [0.15, 0.2) is 17.4 Å². The van der Waals surface area contributed by atoms with Gasteiger partial charge in [0.1, 0.15) is 0 Å². The molecule has 3 heterocycles. The molecule has 1 aromatic heterocycles. The molecule has 0 aliphatic carbocycles. The lowest BCUT2D eigenvalue weighted by Crippen LogP contribution is -2.53. The van der Waals surface area contributed by atoms with Crippen molar-refractivity contribution in [1.29, 1.82) is 0 Å². The molecule has 43 heavy (non-hydrogen) atoms. The smallest absolute Gasteiger partial charge is 0.291 e. The van der Waals surface area contributed by atoms with E-state index in [-0.39, 0.29) is 57.1 Å². The van der Waals surface area contributed by atoms with Gasteiger partial charge in [0.05, 0.1) is 35.5 Å². The summed E-state index contributed by atoms with van der Waals surface area (Å²) in [6.45, 7) is 1.74. The molecule has 0 spiro atoms. The first-order valence-corrected chi connectivity index (χ1v) is 14.0. The van der Waals surface area contributed by atoms with E-state index in [0.29, 0.717) is 51.3 Å². The predicted octanol–water partition coefficient (Wildman–Crippen LogP) is 3.09. The summed E-state index contributed by atoms with van der Waals surface area (Å²) in [5, 5.41) is 5.50. The van der Waals surface area contributed by atoms with Crippen LogP contribution in [0.5, 0.6) is 5.75 Å². The van der Waals surface area contributed by atoms with Gasteiger partial charge in [0.2, 0.25) is 17.6 Å². The Labute approximate surface area is 250 Å². The summed E-state index contributed by atoms with van der Waals surface area (Å²) in [6.07, 6.45) is 2.11. The number of anilines is 1. The van der Waals surface area contributed by atoms with Crippen molar-refractivity contribution >= 4 is 40.9 Å². The van der Waals surface area contributed by atoms with Gasteiger partial charge in [0, 0.05) is 57.4 Å². The molecule has 2 saturated heterocycles. The number of nitrogens with one attached hydrogen (secondary N) is 2. The zero-order valence-corrected chi connectivity index (χ0v) is 24.2. The number of carbonyl (C=O) groups is 4. The molecule has 14 heteroatoms. The normalized spacial score (nSPS) is 17.0. The fourth-order valence-electron chi connectivity index (χ4n) is 5.21. The minimum absolute atomic E-state index is 0.0219. The number of halogens is 3. The lowest BCUT2D eigenvalue weighted by atomic mass is 9.97. The van der Waals surface area contributed by atoms with Crippen LogP contribution in [0.1, 0.15) is 33.8 Å². The van der Waals surface area contributed by atoms with Gasteiger partial charge in [-0.05, 0) is 36.8 Å². The second-order valence-corrected chi connectivity index (χ2v) is 10.7. The molecule has 2 aliphatic heterocycles. The van der Waals surface area contributed by atoms with Gasteiger partial charge in [-0.25, -0.2) is 9.37 Å². The minimum Gasteiger partial charge on any atom is -0.494 e. The lowest BCUT2D eigenvalue weighted by molar-refractivity contribution is -0.138. The molecule has 2 N–H and O–H groups in total. The third kappa shape index (κ3) is 6.03. The molecule has 0 bridgehead atoms. The maximum absolute atomic E-state index is 14.6. The molecular weight excluding hydrogens is 586 g/mol. The number of rotatable bonds is 6. The number of ether oxygens (including phenoxy) is 1. The van der Waals surface area contributed by atoms with Crippen LogP contribution in [0.15, 0.2) is 36.5 Å². The molecule has 0 radical (unpaired) electrons. The van der Waals surface area contributed by atoms with Gasteiger partial charge < -0.3 is 29.7 Å². The van der Waals surface area contributed by atoms with E-state index in [1.165, 1.54) is 55.3 Å². The van der Waals surface area contributed by atoms with Crippen molar-refractivity contribution < 1.29 is 32.7 Å². The molecule has 3 aromatic rings. The van der Waals surface area contributed by atoms with Crippen molar-refractivity contribution in [1.82, 2.24) is 24.7 Å². The van der Waals surface area contributed by atoms with E-state index in [1.807, 2.05) is 0 Å². The highest BCUT2D eigenvalue weighted by molar-refractivity contribution is 6.34. The molecule has 0 saturated carbocycles.